The molecular weight excluding hydrogens is 313 g/mol. The SMILES string of the molecule is CC(C)CC(CCN(C)C(=O)O)Oc1cc(Cl)ccc1Cl. The first-order valence-electron chi connectivity index (χ1n) is 6.85. The largest absolute Gasteiger partial charge is 0.489 e. The number of carboxylic acid groups (broad SMARTS) is 1. The predicted molar refractivity (Wildman–Crippen MR) is 85.6 cm³/mol. The average Bonchev–Trinajstić information content (AvgIpc) is 2.39. The second-order valence-corrected chi connectivity index (χ2v) is 6.28. The lowest BCUT2D eigenvalue weighted by molar-refractivity contribution is 0.131. The Morgan fingerprint density at radius 2 is 2.05 bits per heavy atom. The molecule has 1 amide bonds. The van der Waals surface area contributed by atoms with Crippen molar-refractivity contribution < 1.29 is 14.6 Å². The van der Waals surface area contributed by atoms with E-state index in [1.54, 1.807) is 25.2 Å². The second-order valence-electron chi connectivity index (χ2n) is 5.44. The van der Waals surface area contributed by atoms with Gasteiger partial charge in [0.25, 0.3) is 0 Å². The minimum absolute atomic E-state index is 0.109. The van der Waals surface area contributed by atoms with Crippen LogP contribution in [0.1, 0.15) is 26.7 Å². The van der Waals surface area contributed by atoms with Crippen molar-refractivity contribution in [3.63, 3.8) is 0 Å². The van der Waals surface area contributed by atoms with Crippen LogP contribution in [0.15, 0.2) is 18.2 Å². The summed E-state index contributed by atoms with van der Waals surface area (Å²) in [5.74, 6) is 0.968. The summed E-state index contributed by atoms with van der Waals surface area (Å²) in [6.07, 6.45) is 0.363. The second kappa shape index (κ2) is 8.35. The number of hydrogen-bond donors (Lipinski definition) is 1. The van der Waals surface area contributed by atoms with Crippen molar-refractivity contribution in [3.05, 3.63) is 28.2 Å². The van der Waals surface area contributed by atoms with Gasteiger partial charge in [0.15, 0.2) is 0 Å². The Morgan fingerprint density at radius 1 is 1.38 bits per heavy atom. The van der Waals surface area contributed by atoms with E-state index in [1.165, 1.54) is 4.90 Å². The van der Waals surface area contributed by atoms with Crippen LogP contribution in [0.4, 0.5) is 4.79 Å². The number of halogens is 2. The predicted octanol–water partition coefficient (Wildman–Crippen LogP) is 4.79. The molecule has 1 unspecified atom stereocenters. The van der Waals surface area contributed by atoms with Gasteiger partial charge in [-0.3, -0.25) is 0 Å². The smallest absolute Gasteiger partial charge is 0.407 e. The Labute approximate surface area is 135 Å². The third-order valence-electron chi connectivity index (χ3n) is 3.03. The van der Waals surface area contributed by atoms with E-state index in [9.17, 15) is 4.79 Å². The molecule has 1 aromatic rings. The molecular formula is C15H21Cl2NO3. The molecule has 0 aromatic heterocycles. The molecule has 0 spiro atoms. The summed E-state index contributed by atoms with van der Waals surface area (Å²) in [6, 6.07) is 5.07. The molecule has 1 aromatic carbocycles. The molecule has 0 fully saturated rings. The first-order valence-corrected chi connectivity index (χ1v) is 7.61. The third kappa shape index (κ3) is 6.44. The van der Waals surface area contributed by atoms with Gasteiger partial charge in [-0.15, -0.1) is 0 Å². The van der Waals surface area contributed by atoms with Gasteiger partial charge >= 0.3 is 6.09 Å². The molecule has 0 radical (unpaired) electrons. The molecule has 1 atom stereocenters. The molecule has 1 rings (SSSR count). The zero-order valence-corrected chi connectivity index (χ0v) is 14.0. The fourth-order valence-electron chi connectivity index (χ4n) is 1.93. The quantitative estimate of drug-likeness (QED) is 0.780. The van der Waals surface area contributed by atoms with Crippen LogP contribution in [-0.2, 0) is 0 Å². The summed E-state index contributed by atoms with van der Waals surface area (Å²) in [4.78, 5) is 12.1. The molecule has 0 saturated carbocycles. The summed E-state index contributed by atoms with van der Waals surface area (Å²) in [6.45, 7) is 4.60. The van der Waals surface area contributed by atoms with Crippen LogP contribution in [0.3, 0.4) is 0 Å². The molecule has 0 aliphatic carbocycles. The third-order valence-corrected chi connectivity index (χ3v) is 3.58. The number of rotatable bonds is 7. The summed E-state index contributed by atoms with van der Waals surface area (Å²) in [7, 11) is 1.54. The van der Waals surface area contributed by atoms with Gasteiger partial charge in [-0.1, -0.05) is 37.0 Å². The van der Waals surface area contributed by atoms with Crippen LogP contribution in [0, 0.1) is 5.92 Å². The lowest BCUT2D eigenvalue weighted by Gasteiger charge is -2.23. The summed E-state index contributed by atoms with van der Waals surface area (Å²) in [5, 5.41) is 9.95. The summed E-state index contributed by atoms with van der Waals surface area (Å²) in [5.41, 5.74) is 0. The fraction of sp³-hybridized carbons (Fsp3) is 0.533. The molecule has 0 aliphatic heterocycles. The number of hydrogen-bond acceptors (Lipinski definition) is 2. The summed E-state index contributed by atoms with van der Waals surface area (Å²) >= 11 is 12.1. The lowest BCUT2D eigenvalue weighted by atomic mass is 10.0. The molecule has 21 heavy (non-hydrogen) atoms. The van der Waals surface area contributed by atoms with Crippen molar-refractivity contribution in [2.75, 3.05) is 13.6 Å². The number of benzene rings is 1. The van der Waals surface area contributed by atoms with Crippen LogP contribution in [-0.4, -0.2) is 35.8 Å². The molecule has 6 heteroatoms. The Morgan fingerprint density at radius 3 is 2.62 bits per heavy atom. The van der Waals surface area contributed by atoms with Gasteiger partial charge in [0.2, 0.25) is 0 Å². The molecule has 0 aliphatic rings. The topological polar surface area (TPSA) is 49.8 Å². The van der Waals surface area contributed by atoms with E-state index < -0.39 is 6.09 Å². The van der Waals surface area contributed by atoms with Gasteiger partial charge in [-0.2, -0.15) is 0 Å². The minimum atomic E-state index is -0.945. The van der Waals surface area contributed by atoms with Crippen LogP contribution in [0.2, 0.25) is 10.0 Å². The standard InChI is InChI=1S/C15H21Cl2NO3/c1-10(2)8-12(6-7-18(3)15(19)20)21-14-9-11(16)4-5-13(14)17/h4-5,9-10,12H,6-8H2,1-3H3,(H,19,20). The van der Waals surface area contributed by atoms with Crippen molar-refractivity contribution in [3.8, 4) is 5.75 Å². The Balaban J connectivity index is 2.73. The van der Waals surface area contributed by atoms with E-state index in [2.05, 4.69) is 13.8 Å². The van der Waals surface area contributed by atoms with E-state index in [0.29, 0.717) is 34.7 Å². The van der Waals surface area contributed by atoms with Gasteiger partial charge in [0.05, 0.1) is 5.02 Å². The van der Waals surface area contributed by atoms with Gasteiger partial charge in [0, 0.05) is 31.1 Å². The first kappa shape index (κ1) is 17.9. The highest BCUT2D eigenvalue weighted by molar-refractivity contribution is 6.34. The molecule has 0 heterocycles. The Bertz CT molecular complexity index is 480. The molecule has 0 bridgehead atoms. The van der Waals surface area contributed by atoms with Crippen molar-refractivity contribution in [1.82, 2.24) is 4.90 Å². The highest BCUT2D eigenvalue weighted by atomic mass is 35.5. The number of carbonyl (C=O) groups is 1. The molecule has 0 saturated heterocycles. The minimum Gasteiger partial charge on any atom is -0.489 e. The summed E-state index contributed by atoms with van der Waals surface area (Å²) < 4.78 is 5.93. The average molecular weight is 334 g/mol. The number of nitrogens with zero attached hydrogens (tertiary/aromatic N) is 1. The van der Waals surface area contributed by atoms with Crippen LogP contribution in [0.5, 0.6) is 5.75 Å². The Kier molecular flexibility index (Phi) is 7.12. The first-order chi connectivity index (χ1) is 9.79. The maximum Gasteiger partial charge on any atom is 0.407 e. The van der Waals surface area contributed by atoms with E-state index in [1.807, 2.05) is 0 Å². The van der Waals surface area contributed by atoms with Crippen LogP contribution in [0.25, 0.3) is 0 Å². The zero-order valence-electron chi connectivity index (χ0n) is 12.5. The van der Waals surface area contributed by atoms with E-state index in [0.717, 1.165) is 6.42 Å². The van der Waals surface area contributed by atoms with Gasteiger partial charge in [-0.05, 0) is 24.5 Å². The monoisotopic (exact) mass is 333 g/mol. The number of ether oxygens (including phenoxy) is 1. The molecule has 1 N–H and O–H groups in total. The van der Waals surface area contributed by atoms with Gasteiger partial charge in [0.1, 0.15) is 11.9 Å². The van der Waals surface area contributed by atoms with Crippen molar-refractivity contribution in [1.29, 1.82) is 0 Å². The highest BCUT2D eigenvalue weighted by Gasteiger charge is 2.17. The molecule has 4 nitrogen and oxygen atoms in total. The van der Waals surface area contributed by atoms with E-state index >= 15 is 0 Å². The fourth-order valence-corrected chi connectivity index (χ4v) is 2.26. The maximum atomic E-state index is 10.8. The van der Waals surface area contributed by atoms with Crippen LogP contribution >= 0.6 is 23.2 Å². The van der Waals surface area contributed by atoms with Gasteiger partial charge in [-0.25, -0.2) is 4.79 Å². The van der Waals surface area contributed by atoms with Crippen molar-refractivity contribution >= 4 is 29.3 Å². The lowest BCUT2D eigenvalue weighted by Crippen LogP contribution is -2.30. The molecule has 118 valence electrons. The maximum absolute atomic E-state index is 10.8. The number of amides is 1. The van der Waals surface area contributed by atoms with E-state index in [4.69, 9.17) is 33.0 Å². The van der Waals surface area contributed by atoms with E-state index in [-0.39, 0.29) is 6.10 Å². The van der Waals surface area contributed by atoms with Crippen molar-refractivity contribution in [2.24, 2.45) is 5.92 Å². The normalized spacial score (nSPS) is 12.3. The van der Waals surface area contributed by atoms with Gasteiger partial charge < -0.3 is 14.7 Å². The Hall–Kier alpha value is -1.13. The van der Waals surface area contributed by atoms with Crippen LogP contribution < -0.4 is 4.74 Å². The van der Waals surface area contributed by atoms with Crippen molar-refractivity contribution in [2.45, 2.75) is 32.8 Å². The highest BCUT2D eigenvalue weighted by Crippen LogP contribution is 2.30. The zero-order chi connectivity index (χ0) is 16.0.